The number of rotatable bonds is 5. The molecule has 1 saturated heterocycles. The van der Waals surface area contributed by atoms with Crippen molar-refractivity contribution in [1.29, 1.82) is 0 Å². The highest BCUT2D eigenvalue weighted by Gasteiger charge is 2.24. The van der Waals surface area contributed by atoms with Crippen molar-refractivity contribution in [2.75, 3.05) is 32.7 Å². The van der Waals surface area contributed by atoms with Crippen molar-refractivity contribution in [3.05, 3.63) is 59.5 Å². The molecule has 2 heterocycles. The van der Waals surface area contributed by atoms with Gasteiger partial charge >= 0.3 is 0 Å². The van der Waals surface area contributed by atoms with E-state index >= 15 is 0 Å². The molecule has 1 N–H and O–H groups in total. The van der Waals surface area contributed by atoms with Crippen molar-refractivity contribution in [2.24, 2.45) is 0 Å². The van der Waals surface area contributed by atoms with Crippen LogP contribution in [0, 0.1) is 6.92 Å². The minimum Gasteiger partial charge on any atom is -0.459 e. The summed E-state index contributed by atoms with van der Waals surface area (Å²) < 4.78 is 5.15. The van der Waals surface area contributed by atoms with Crippen LogP contribution >= 0.6 is 0 Å². The lowest BCUT2D eigenvalue weighted by molar-refractivity contribution is -0.122. The molecule has 2 aromatic rings. The summed E-state index contributed by atoms with van der Waals surface area (Å²) in [6.45, 7) is 5.50. The third-order valence-electron chi connectivity index (χ3n) is 4.33. The molecule has 3 rings (SSSR count). The first kappa shape index (κ1) is 17.2. The quantitative estimate of drug-likeness (QED) is 0.898. The minimum atomic E-state index is -0.0893. The molecule has 1 aromatic heterocycles. The van der Waals surface area contributed by atoms with Crippen LogP contribution in [0.2, 0.25) is 0 Å². The zero-order valence-electron chi connectivity index (χ0n) is 14.4. The van der Waals surface area contributed by atoms with E-state index in [0.717, 1.165) is 5.56 Å². The standard InChI is InChI=1S/C19H23N3O3/c1-15-4-2-5-16(12-15)13-20-18(23)14-21-7-9-22(10-8-21)19(24)17-6-3-11-25-17/h2-6,11-12H,7-10,13-14H2,1H3,(H,20,23). The number of nitrogens with one attached hydrogen (secondary N) is 1. The molecule has 1 aliphatic rings. The molecule has 6 nitrogen and oxygen atoms in total. The van der Waals surface area contributed by atoms with Gasteiger partial charge in [-0.1, -0.05) is 29.8 Å². The van der Waals surface area contributed by atoms with Crippen LogP contribution in [-0.4, -0.2) is 54.3 Å². The molecule has 0 atom stereocenters. The molecule has 0 unspecified atom stereocenters. The Morgan fingerprint density at radius 3 is 2.60 bits per heavy atom. The van der Waals surface area contributed by atoms with Crippen LogP contribution in [0.4, 0.5) is 0 Å². The molecule has 0 saturated carbocycles. The van der Waals surface area contributed by atoms with Crippen molar-refractivity contribution in [1.82, 2.24) is 15.1 Å². The molecule has 2 amide bonds. The first-order valence-electron chi connectivity index (χ1n) is 8.49. The van der Waals surface area contributed by atoms with E-state index in [4.69, 9.17) is 4.42 Å². The maximum atomic E-state index is 12.2. The van der Waals surface area contributed by atoms with Crippen LogP contribution in [0.5, 0.6) is 0 Å². The fraction of sp³-hybridized carbons (Fsp3) is 0.368. The van der Waals surface area contributed by atoms with Crippen molar-refractivity contribution in [3.8, 4) is 0 Å². The average Bonchev–Trinajstić information content (AvgIpc) is 3.15. The van der Waals surface area contributed by atoms with Gasteiger partial charge in [-0.05, 0) is 24.6 Å². The number of carbonyl (C=O) groups excluding carboxylic acids is 2. The van der Waals surface area contributed by atoms with Gasteiger partial charge in [-0.3, -0.25) is 14.5 Å². The van der Waals surface area contributed by atoms with E-state index in [1.807, 2.05) is 25.1 Å². The maximum absolute atomic E-state index is 12.2. The summed E-state index contributed by atoms with van der Waals surface area (Å²) >= 11 is 0. The predicted molar refractivity (Wildman–Crippen MR) is 94.1 cm³/mol. The third-order valence-corrected chi connectivity index (χ3v) is 4.33. The normalized spacial score (nSPS) is 15.2. The second-order valence-corrected chi connectivity index (χ2v) is 6.31. The van der Waals surface area contributed by atoms with Gasteiger partial charge in [-0.25, -0.2) is 0 Å². The number of nitrogens with zero attached hydrogens (tertiary/aromatic N) is 2. The molecule has 1 fully saturated rings. The molecule has 1 aliphatic heterocycles. The molecule has 6 heteroatoms. The topological polar surface area (TPSA) is 65.8 Å². The van der Waals surface area contributed by atoms with Gasteiger partial charge < -0.3 is 14.6 Å². The molecule has 0 bridgehead atoms. The first-order chi connectivity index (χ1) is 12.1. The van der Waals surface area contributed by atoms with Crippen molar-refractivity contribution in [2.45, 2.75) is 13.5 Å². The number of furan rings is 1. The third kappa shape index (κ3) is 4.70. The van der Waals surface area contributed by atoms with Gasteiger partial charge in [-0.2, -0.15) is 0 Å². The number of piperazine rings is 1. The SMILES string of the molecule is Cc1cccc(CNC(=O)CN2CCN(C(=O)c3ccco3)CC2)c1. The van der Waals surface area contributed by atoms with Crippen molar-refractivity contribution < 1.29 is 14.0 Å². The molecule has 0 aliphatic carbocycles. The van der Waals surface area contributed by atoms with Crippen LogP contribution < -0.4 is 5.32 Å². The lowest BCUT2D eigenvalue weighted by Crippen LogP contribution is -2.51. The van der Waals surface area contributed by atoms with Crippen LogP contribution in [0.1, 0.15) is 21.7 Å². The van der Waals surface area contributed by atoms with Gasteiger partial charge in [0.25, 0.3) is 5.91 Å². The number of amides is 2. The van der Waals surface area contributed by atoms with Gasteiger partial charge in [0.15, 0.2) is 5.76 Å². The smallest absolute Gasteiger partial charge is 0.289 e. The number of benzene rings is 1. The number of hydrogen-bond donors (Lipinski definition) is 1. The number of hydrogen-bond acceptors (Lipinski definition) is 4. The largest absolute Gasteiger partial charge is 0.459 e. The molecule has 0 radical (unpaired) electrons. The summed E-state index contributed by atoms with van der Waals surface area (Å²) in [4.78, 5) is 28.2. The Morgan fingerprint density at radius 1 is 1.12 bits per heavy atom. The highest BCUT2D eigenvalue weighted by molar-refractivity contribution is 5.91. The summed E-state index contributed by atoms with van der Waals surface area (Å²) in [5.74, 6) is 0.283. The summed E-state index contributed by atoms with van der Waals surface area (Å²) in [6, 6.07) is 11.5. The maximum Gasteiger partial charge on any atom is 0.289 e. The highest BCUT2D eigenvalue weighted by atomic mass is 16.3. The molecule has 132 valence electrons. The number of carbonyl (C=O) groups is 2. The molecule has 25 heavy (non-hydrogen) atoms. The van der Waals surface area contributed by atoms with E-state index < -0.39 is 0 Å². The number of aryl methyl sites for hydroxylation is 1. The highest BCUT2D eigenvalue weighted by Crippen LogP contribution is 2.09. The minimum absolute atomic E-state index is 0.00678. The van der Waals surface area contributed by atoms with E-state index in [9.17, 15) is 9.59 Å². The first-order valence-corrected chi connectivity index (χ1v) is 8.49. The fourth-order valence-corrected chi connectivity index (χ4v) is 2.95. The van der Waals surface area contributed by atoms with E-state index in [-0.39, 0.29) is 11.8 Å². The second-order valence-electron chi connectivity index (χ2n) is 6.31. The predicted octanol–water partition coefficient (Wildman–Crippen LogP) is 1.66. The molecule has 0 spiro atoms. The summed E-state index contributed by atoms with van der Waals surface area (Å²) in [5.41, 5.74) is 2.28. The van der Waals surface area contributed by atoms with Crippen LogP contribution in [-0.2, 0) is 11.3 Å². The van der Waals surface area contributed by atoms with Gasteiger partial charge in [0, 0.05) is 32.7 Å². The van der Waals surface area contributed by atoms with Crippen LogP contribution in [0.25, 0.3) is 0 Å². The van der Waals surface area contributed by atoms with Gasteiger partial charge in [0.05, 0.1) is 12.8 Å². The molecular weight excluding hydrogens is 318 g/mol. The monoisotopic (exact) mass is 341 g/mol. The average molecular weight is 341 g/mol. The van der Waals surface area contributed by atoms with Gasteiger partial charge in [0.1, 0.15) is 0 Å². The lowest BCUT2D eigenvalue weighted by atomic mass is 10.1. The zero-order valence-corrected chi connectivity index (χ0v) is 14.4. The second kappa shape index (κ2) is 7.98. The summed E-state index contributed by atoms with van der Waals surface area (Å²) in [6.07, 6.45) is 1.50. The Bertz CT molecular complexity index is 719. The molecule has 1 aromatic carbocycles. The van der Waals surface area contributed by atoms with E-state index in [1.165, 1.54) is 11.8 Å². The van der Waals surface area contributed by atoms with Crippen LogP contribution in [0.15, 0.2) is 47.1 Å². The molecular formula is C19H23N3O3. The van der Waals surface area contributed by atoms with E-state index in [1.54, 1.807) is 17.0 Å². The van der Waals surface area contributed by atoms with Gasteiger partial charge in [0.2, 0.25) is 5.91 Å². The lowest BCUT2D eigenvalue weighted by Gasteiger charge is -2.33. The van der Waals surface area contributed by atoms with Crippen molar-refractivity contribution >= 4 is 11.8 Å². The summed E-state index contributed by atoms with van der Waals surface area (Å²) in [7, 11) is 0. The van der Waals surface area contributed by atoms with E-state index in [0.29, 0.717) is 45.0 Å². The van der Waals surface area contributed by atoms with Crippen molar-refractivity contribution in [3.63, 3.8) is 0 Å². The Hall–Kier alpha value is -2.60. The Morgan fingerprint density at radius 2 is 1.92 bits per heavy atom. The zero-order chi connectivity index (χ0) is 17.6. The van der Waals surface area contributed by atoms with Crippen LogP contribution in [0.3, 0.4) is 0 Å². The Kier molecular flexibility index (Phi) is 5.50. The summed E-state index contributed by atoms with van der Waals surface area (Å²) in [5, 5.41) is 2.95. The van der Waals surface area contributed by atoms with E-state index in [2.05, 4.69) is 16.3 Å². The fourth-order valence-electron chi connectivity index (χ4n) is 2.95. The van der Waals surface area contributed by atoms with Gasteiger partial charge in [-0.15, -0.1) is 0 Å². The Balaban J connectivity index is 1.41. The Labute approximate surface area is 147 Å².